The molecule has 1 N–H and O–H groups in total. The standard InChI is InChI=1S/C19H21N3OS2/c1-22-18(23)16-14-8-3-4-9-15(14)25-17(16)21-19(22)20-13-7-5-6-12(10-13)11-24-2/h5-7,10H,3-4,8-9,11H2,1-2H3,(H,20,21). The van der Waals surface area contributed by atoms with Crippen LogP contribution in [-0.2, 0) is 25.6 Å². The summed E-state index contributed by atoms with van der Waals surface area (Å²) in [6, 6.07) is 8.28. The maximum atomic E-state index is 12.9. The van der Waals surface area contributed by atoms with Gasteiger partial charge in [0.05, 0.1) is 5.39 Å². The maximum Gasteiger partial charge on any atom is 0.263 e. The number of fused-ring (bicyclic) bond motifs is 3. The van der Waals surface area contributed by atoms with Crippen molar-refractivity contribution in [2.75, 3.05) is 11.6 Å². The largest absolute Gasteiger partial charge is 0.325 e. The van der Waals surface area contributed by atoms with E-state index >= 15 is 0 Å². The van der Waals surface area contributed by atoms with E-state index in [-0.39, 0.29) is 5.56 Å². The van der Waals surface area contributed by atoms with Crippen molar-refractivity contribution in [1.82, 2.24) is 9.55 Å². The van der Waals surface area contributed by atoms with E-state index in [0.717, 1.165) is 34.5 Å². The summed E-state index contributed by atoms with van der Waals surface area (Å²) >= 11 is 3.49. The van der Waals surface area contributed by atoms with Gasteiger partial charge < -0.3 is 5.32 Å². The van der Waals surface area contributed by atoms with Gasteiger partial charge in [0.25, 0.3) is 5.56 Å². The zero-order valence-electron chi connectivity index (χ0n) is 14.5. The van der Waals surface area contributed by atoms with E-state index < -0.39 is 0 Å². The minimum absolute atomic E-state index is 0.0622. The first kappa shape index (κ1) is 16.7. The zero-order chi connectivity index (χ0) is 17.4. The van der Waals surface area contributed by atoms with E-state index in [9.17, 15) is 4.79 Å². The molecule has 0 spiro atoms. The van der Waals surface area contributed by atoms with E-state index in [1.165, 1.54) is 28.8 Å². The SMILES string of the molecule is CSCc1cccc(Nc2nc3sc4c(c3c(=O)n2C)CCCC4)c1. The van der Waals surface area contributed by atoms with Crippen LogP contribution in [0.2, 0.25) is 0 Å². The van der Waals surface area contributed by atoms with Gasteiger partial charge in [0.2, 0.25) is 5.95 Å². The highest BCUT2D eigenvalue weighted by Crippen LogP contribution is 2.34. The Labute approximate surface area is 155 Å². The number of hydrogen-bond donors (Lipinski definition) is 1. The summed E-state index contributed by atoms with van der Waals surface area (Å²) in [6.07, 6.45) is 6.57. The van der Waals surface area contributed by atoms with Crippen LogP contribution in [0.5, 0.6) is 0 Å². The molecule has 3 aromatic rings. The van der Waals surface area contributed by atoms with Crippen LogP contribution in [-0.4, -0.2) is 15.8 Å². The molecule has 1 aromatic carbocycles. The molecule has 1 aliphatic carbocycles. The summed E-state index contributed by atoms with van der Waals surface area (Å²) in [6.45, 7) is 0. The first-order valence-electron chi connectivity index (χ1n) is 8.53. The number of thiophene rings is 1. The van der Waals surface area contributed by atoms with Crippen molar-refractivity contribution < 1.29 is 0 Å². The molecule has 0 fully saturated rings. The third-order valence-electron chi connectivity index (χ3n) is 4.69. The Morgan fingerprint density at radius 1 is 1.32 bits per heavy atom. The highest BCUT2D eigenvalue weighted by Gasteiger charge is 2.21. The molecule has 0 saturated heterocycles. The lowest BCUT2D eigenvalue weighted by atomic mass is 9.97. The molecule has 2 aromatic heterocycles. The van der Waals surface area contributed by atoms with Crippen LogP contribution in [0.4, 0.5) is 11.6 Å². The highest BCUT2D eigenvalue weighted by atomic mass is 32.2. The van der Waals surface area contributed by atoms with E-state index in [1.807, 2.05) is 12.1 Å². The number of hydrogen-bond acceptors (Lipinski definition) is 5. The van der Waals surface area contributed by atoms with Gasteiger partial charge in [0, 0.05) is 23.4 Å². The summed E-state index contributed by atoms with van der Waals surface area (Å²) < 4.78 is 1.64. The molecule has 0 saturated carbocycles. The summed E-state index contributed by atoms with van der Waals surface area (Å²) in [5.41, 5.74) is 3.53. The Balaban J connectivity index is 1.76. The smallest absolute Gasteiger partial charge is 0.263 e. The summed E-state index contributed by atoms with van der Waals surface area (Å²) in [7, 11) is 1.80. The number of thioether (sulfide) groups is 1. The van der Waals surface area contributed by atoms with Gasteiger partial charge in [0.15, 0.2) is 0 Å². The number of anilines is 2. The Morgan fingerprint density at radius 3 is 3.00 bits per heavy atom. The van der Waals surface area contributed by atoms with Crippen molar-refractivity contribution in [3.05, 3.63) is 50.6 Å². The van der Waals surface area contributed by atoms with Gasteiger partial charge in [-0.15, -0.1) is 11.3 Å². The molecule has 0 aliphatic heterocycles. The fourth-order valence-electron chi connectivity index (χ4n) is 3.43. The van der Waals surface area contributed by atoms with Crippen LogP contribution in [0.1, 0.15) is 28.8 Å². The van der Waals surface area contributed by atoms with Crippen molar-refractivity contribution in [2.24, 2.45) is 7.05 Å². The second-order valence-electron chi connectivity index (χ2n) is 6.45. The first-order chi connectivity index (χ1) is 12.2. The monoisotopic (exact) mass is 371 g/mol. The van der Waals surface area contributed by atoms with Crippen molar-refractivity contribution >= 4 is 45.0 Å². The van der Waals surface area contributed by atoms with Crippen molar-refractivity contribution in [3.8, 4) is 0 Å². The Kier molecular flexibility index (Phi) is 4.56. The van der Waals surface area contributed by atoms with Crippen molar-refractivity contribution in [2.45, 2.75) is 31.4 Å². The van der Waals surface area contributed by atoms with Gasteiger partial charge in [-0.1, -0.05) is 12.1 Å². The van der Waals surface area contributed by atoms with Crippen molar-refractivity contribution in [1.29, 1.82) is 0 Å². The van der Waals surface area contributed by atoms with Gasteiger partial charge in [-0.05, 0) is 55.2 Å². The van der Waals surface area contributed by atoms with E-state index in [0.29, 0.717) is 5.95 Å². The second-order valence-corrected chi connectivity index (χ2v) is 8.40. The third-order valence-corrected chi connectivity index (χ3v) is 6.50. The molecule has 0 amide bonds. The zero-order valence-corrected chi connectivity index (χ0v) is 16.1. The average Bonchev–Trinajstić information content (AvgIpc) is 2.98. The Morgan fingerprint density at radius 2 is 2.16 bits per heavy atom. The third kappa shape index (κ3) is 3.09. The van der Waals surface area contributed by atoms with Gasteiger partial charge in [-0.3, -0.25) is 9.36 Å². The van der Waals surface area contributed by atoms with Crippen LogP contribution in [0.3, 0.4) is 0 Å². The number of rotatable bonds is 4. The maximum absolute atomic E-state index is 12.9. The van der Waals surface area contributed by atoms with Crippen LogP contribution in [0, 0.1) is 0 Å². The molecule has 6 heteroatoms. The van der Waals surface area contributed by atoms with Crippen LogP contribution < -0.4 is 10.9 Å². The van der Waals surface area contributed by atoms with Gasteiger partial charge >= 0.3 is 0 Å². The summed E-state index contributed by atoms with van der Waals surface area (Å²) in [5.74, 6) is 1.58. The van der Waals surface area contributed by atoms with Crippen LogP contribution >= 0.6 is 23.1 Å². The second kappa shape index (κ2) is 6.84. The fourth-order valence-corrected chi connectivity index (χ4v) is 5.20. The molecule has 2 heterocycles. The summed E-state index contributed by atoms with van der Waals surface area (Å²) in [4.78, 5) is 19.9. The van der Waals surface area contributed by atoms with E-state index in [2.05, 4.69) is 23.7 Å². The highest BCUT2D eigenvalue weighted by molar-refractivity contribution is 7.97. The molecule has 4 rings (SSSR count). The number of aryl methyl sites for hydroxylation is 2. The lowest BCUT2D eigenvalue weighted by Gasteiger charge is -2.12. The molecular weight excluding hydrogens is 350 g/mol. The van der Waals surface area contributed by atoms with Crippen LogP contribution in [0.25, 0.3) is 10.2 Å². The number of aromatic nitrogens is 2. The molecule has 4 nitrogen and oxygen atoms in total. The molecule has 25 heavy (non-hydrogen) atoms. The molecule has 130 valence electrons. The minimum Gasteiger partial charge on any atom is -0.325 e. The quantitative estimate of drug-likeness (QED) is 0.734. The average molecular weight is 372 g/mol. The Bertz CT molecular complexity index is 990. The molecule has 1 aliphatic rings. The molecule has 0 unspecified atom stereocenters. The van der Waals surface area contributed by atoms with Crippen LogP contribution in [0.15, 0.2) is 29.1 Å². The first-order valence-corrected chi connectivity index (χ1v) is 10.7. The Hall–Kier alpha value is -1.79. The van der Waals surface area contributed by atoms with Gasteiger partial charge in [-0.2, -0.15) is 11.8 Å². The minimum atomic E-state index is 0.0622. The molecule has 0 radical (unpaired) electrons. The predicted molar refractivity (Wildman–Crippen MR) is 108 cm³/mol. The fraction of sp³-hybridized carbons (Fsp3) is 0.368. The lowest BCUT2D eigenvalue weighted by molar-refractivity contribution is 0.699. The molecule has 0 atom stereocenters. The number of nitrogens with one attached hydrogen (secondary N) is 1. The molecule has 0 bridgehead atoms. The number of benzene rings is 1. The lowest BCUT2D eigenvalue weighted by Crippen LogP contribution is -2.21. The predicted octanol–water partition coefficient (Wildman–Crippen LogP) is 4.48. The molecular formula is C19H21N3OS2. The van der Waals surface area contributed by atoms with Gasteiger partial charge in [0.1, 0.15) is 4.83 Å². The van der Waals surface area contributed by atoms with Crippen molar-refractivity contribution in [3.63, 3.8) is 0 Å². The van der Waals surface area contributed by atoms with E-state index in [4.69, 9.17) is 4.98 Å². The normalized spacial score (nSPS) is 13.8. The van der Waals surface area contributed by atoms with E-state index in [1.54, 1.807) is 34.7 Å². The van der Waals surface area contributed by atoms with Gasteiger partial charge in [-0.25, -0.2) is 4.98 Å². The topological polar surface area (TPSA) is 46.9 Å². The summed E-state index contributed by atoms with van der Waals surface area (Å²) in [5, 5.41) is 4.17. The number of nitrogens with zero attached hydrogens (tertiary/aromatic N) is 2.